The minimum absolute atomic E-state index is 0.00430. The van der Waals surface area contributed by atoms with E-state index in [4.69, 9.17) is 5.11 Å². The first-order valence-corrected chi connectivity index (χ1v) is 7.33. The van der Waals surface area contributed by atoms with Crippen LogP contribution < -0.4 is 0 Å². The smallest absolute Gasteiger partial charge is 0.416 e. The number of carbonyl (C=O) groups is 1. The highest BCUT2D eigenvalue weighted by Gasteiger charge is 2.32. The molecule has 0 amide bonds. The molecular weight excluding hydrogens is 326 g/mol. The van der Waals surface area contributed by atoms with Gasteiger partial charge in [0.25, 0.3) is 0 Å². The number of carboxylic acid groups (broad SMARTS) is 1. The third-order valence-electron chi connectivity index (χ3n) is 4.25. The molecular formula is C17H13F4NO2. The van der Waals surface area contributed by atoms with E-state index < -0.39 is 23.5 Å². The summed E-state index contributed by atoms with van der Waals surface area (Å²) in [7, 11) is 0. The summed E-state index contributed by atoms with van der Waals surface area (Å²) in [5, 5.41) is 9.03. The number of pyridine rings is 1. The monoisotopic (exact) mass is 339 g/mol. The summed E-state index contributed by atoms with van der Waals surface area (Å²) in [4.78, 5) is 15.0. The standard InChI is InChI=1S/C17H13F4NO2/c18-14-6-11(17(19,20)21)3-4-12(14)13-8-22-7-10-2-1-9(16(10)13)5-15(23)24/h3-4,6-9H,1-2,5H2,(H,23,24). The Morgan fingerprint density at radius 2 is 2.00 bits per heavy atom. The van der Waals surface area contributed by atoms with Gasteiger partial charge in [0, 0.05) is 23.5 Å². The minimum Gasteiger partial charge on any atom is -0.481 e. The van der Waals surface area contributed by atoms with Crippen LogP contribution in [-0.4, -0.2) is 16.1 Å². The Labute approximate surface area is 135 Å². The van der Waals surface area contributed by atoms with Gasteiger partial charge in [-0.1, -0.05) is 6.07 Å². The Kier molecular flexibility index (Phi) is 4.03. The van der Waals surface area contributed by atoms with Gasteiger partial charge < -0.3 is 5.11 Å². The molecule has 1 unspecified atom stereocenters. The zero-order valence-electron chi connectivity index (χ0n) is 12.4. The Morgan fingerprint density at radius 3 is 2.62 bits per heavy atom. The highest BCUT2D eigenvalue weighted by Crippen LogP contribution is 2.42. The number of aromatic nitrogens is 1. The molecule has 1 aromatic heterocycles. The van der Waals surface area contributed by atoms with Crippen molar-refractivity contribution in [3.05, 3.63) is 53.1 Å². The number of benzene rings is 1. The van der Waals surface area contributed by atoms with Crippen LogP contribution in [0.5, 0.6) is 0 Å². The molecule has 0 radical (unpaired) electrons. The molecule has 3 nitrogen and oxygen atoms in total. The number of alkyl halides is 3. The molecule has 0 bridgehead atoms. The van der Waals surface area contributed by atoms with Crippen molar-refractivity contribution < 1.29 is 27.5 Å². The summed E-state index contributed by atoms with van der Waals surface area (Å²) in [5.41, 5.74) is 0.794. The van der Waals surface area contributed by atoms with Gasteiger partial charge in [-0.2, -0.15) is 13.2 Å². The highest BCUT2D eigenvalue weighted by atomic mass is 19.4. The lowest BCUT2D eigenvalue weighted by molar-refractivity contribution is -0.138. The zero-order chi connectivity index (χ0) is 17.5. The summed E-state index contributed by atoms with van der Waals surface area (Å²) in [6.45, 7) is 0. The topological polar surface area (TPSA) is 50.2 Å². The SMILES string of the molecule is O=C(O)CC1CCc2cncc(-c3ccc(C(F)(F)F)cc3F)c21. The second-order valence-electron chi connectivity index (χ2n) is 5.79. The normalized spacial score (nSPS) is 16.9. The lowest BCUT2D eigenvalue weighted by atomic mass is 9.90. The number of aryl methyl sites for hydroxylation is 1. The fourth-order valence-corrected chi connectivity index (χ4v) is 3.21. The highest BCUT2D eigenvalue weighted by molar-refractivity contribution is 5.73. The van der Waals surface area contributed by atoms with Crippen LogP contribution in [-0.2, 0) is 17.4 Å². The number of aliphatic carboxylic acids is 1. The van der Waals surface area contributed by atoms with Crippen LogP contribution in [0.1, 0.15) is 35.4 Å². The third kappa shape index (κ3) is 2.98. The Hall–Kier alpha value is -2.44. The van der Waals surface area contributed by atoms with Crippen molar-refractivity contribution in [2.75, 3.05) is 0 Å². The van der Waals surface area contributed by atoms with Crippen LogP contribution in [0.15, 0.2) is 30.6 Å². The van der Waals surface area contributed by atoms with Crippen LogP contribution in [0.3, 0.4) is 0 Å². The minimum atomic E-state index is -4.62. The van der Waals surface area contributed by atoms with Gasteiger partial charge in [-0.25, -0.2) is 4.39 Å². The number of hydrogen-bond acceptors (Lipinski definition) is 2. The molecule has 1 aliphatic carbocycles. The van der Waals surface area contributed by atoms with E-state index in [-0.39, 0.29) is 17.9 Å². The number of rotatable bonds is 3. The van der Waals surface area contributed by atoms with E-state index in [9.17, 15) is 22.4 Å². The maximum atomic E-state index is 14.3. The first-order valence-electron chi connectivity index (χ1n) is 7.33. The average molecular weight is 339 g/mol. The molecule has 0 saturated heterocycles. The van der Waals surface area contributed by atoms with Gasteiger partial charge in [0.2, 0.25) is 0 Å². The molecule has 1 heterocycles. The lowest BCUT2D eigenvalue weighted by Gasteiger charge is -2.15. The van der Waals surface area contributed by atoms with E-state index in [0.717, 1.165) is 17.7 Å². The number of nitrogens with zero attached hydrogens (tertiary/aromatic N) is 1. The van der Waals surface area contributed by atoms with Crippen molar-refractivity contribution in [3.63, 3.8) is 0 Å². The number of carboxylic acids is 1. The molecule has 1 aromatic carbocycles. The summed E-state index contributed by atoms with van der Waals surface area (Å²) >= 11 is 0. The van der Waals surface area contributed by atoms with Gasteiger partial charge in [0.05, 0.1) is 12.0 Å². The number of halogens is 4. The molecule has 1 N–H and O–H groups in total. The molecule has 0 spiro atoms. The van der Waals surface area contributed by atoms with Gasteiger partial charge in [-0.3, -0.25) is 9.78 Å². The van der Waals surface area contributed by atoms with E-state index in [1.165, 1.54) is 6.20 Å². The second-order valence-corrected chi connectivity index (χ2v) is 5.79. The average Bonchev–Trinajstić information content (AvgIpc) is 2.89. The summed E-state index contributed by atoms with van der Waals surface area (Å²) in [6.07, 6.45) is -0.527. The zero-order valence-corrected chi connectivity index (χ0v) is 12.4. The molecule has 3 rings (SSSR count). The van der Waals surface area contributed by atoms with E-state index in [0.29, 0.717) is 30.0 Å². The molecule has 7 heteroatoms. The maximum absolute atomic E-state index is 14.3. The predicted octanol–water partition coefficient (Wildman–Crippen LogP) is 4.41. The van der Waals surface area contributed by atoms with Crippen LogP contribution in [0, 0.1) is 5.82 Å². The fourth-order valence-electron chi connectivity index (χ4n) is 3.21. The van der Waals surface area contributed by atoms with Crippen molar-refractivity contribution in [2.24, 2.45) is 0 Å². The molecule has 0 fully saturated rings. The van der Waals surface area contributed by atoms with Crippen molar-refractivity contribution in [1.29, 1.82) is 0 Å². The quantitative estimate of drug-likeness (QED) is 0.843. The van der Waals surface area contributed by atoms with Crippen molar-refractivity contribution >= 4 is 5.97 Å². The predicted molar refractivity (Wildman–Crippen MR) is 77.9 cm³/mol. The van der Waals surface area contributed by atoms with Crippen LogP contribution in [0.4, 0.5) is 17.6 Å². The first-order chi connectivity index (χ1) is 11.3. The molecule has 126 valence electrons. The van der Waals surface area contributed by atoms with E-state index in [1.54, 1.807) is 6.20 Å². The molecule has 2 aromatic rings. The Balaban J connectivity index is 2.09. The molecule has 24 heavy (non-hydrogen) atoms. The van der Waals surface area contributed by atoms with Crippen LogP contribution in [0.25, 0.3) is 11.1 Å². The fraction of sp³-hybridized carbons (Fsp3) is 0.294. The van der Waals surface area contributed by atoms with Crippen molar-refractivity contribution in [2.45, 2.75) is 31.4 Å². The third-order valence-corrected chi connectivity index (χ3v) is 4.25. The first kappa shape index (κ1) is 16.4. The summed E-state index contributed by atoms with van der Waals surface area (Å²) in [5.74, 6) is -2.26. The van der Waals surface area contributed by atoms with Gasteiger partial charge >= 0.3 is 12.1 Å². The van der Waals surface area contributed by atoms with Crippen molar-refractivity contribution in [3.8, 4) is 11.1 Å². The summed E-state index contributed by atoms with van der Waals surface area (Å²) in [6, 6.07) is 2.35. The molecule has 1 atom stereocenters. The molecule has 1 aliphatic rings. The van der Waals surface area contributed by atoms with Crippen molar-refractivity contribution in [1.82, 2.24) is 4.98 Å². The maximum Gasteiger partial charge on any atom is 0.416 e. The Bertz CT molecular complexity index is 802. The summed E-state index contributed by atoms with van der Waals surface area (Å²) < 4.78 is 52.3. The number of hydrogen-bond donors (Lipinski definition) is 1. The van der Waals surface area contributed by atoms with E-state index in [2.05, 4.69) is 4.98 Å². The Morgan fingerprint density at radius 1 is 1.25 bits per heavy atom. The van der Waals surface area contributed by atoms with E-state index >= 15 is 0 Å². The van der Waals surface area contributed by atoms with Crippen LogP contribution in [0.2, 0.25) is 0 Å². The number of fused-ring (bicyclic) bond motifs is 1. The van der Waals surface area contributed by atoms with Gasteiger partial charge in [0.15, 0.2) is 0 Å². The van der Waals surface area contributed by atoms with Gasteiger partial charge in [-0.15, -0.1) is 0 Å². The largest absolute Gasteiger partial charge is 0.481 e. The molecule has 0 saturated carbocycles. The molecule has 0 aliphatic heterocycles. The van der Waals surface area contributed by atoms with Gasteiger partial charge in [0.1, 0.15) is 5.82 Å². The lowest BCUT2D eigenvalue weighted by Crippen LogP contribution is -2.07. The van der Waals surface area contributed by atoms with Crippen LogP contribution >= 0.6 is 0 Å². The van der Waals surface area contributed by atoms with Gasteiger partial charge in [-0.05, 0) is 42.0 Å². The second kappa shape index (κ2) is 5.89. The van der Waals surface area contributed by atoms with E-state index in [1.807, 2.05) is 0 Å².